The van der Waals surface area contributed by atoms with E-state index in [4.69, 9.17) is 0 Å². The minimum absolute atomic E-state index is 0.337. The number of rotatable bonds is 7. The lowest BCUT2D eigenvalue weighted by Crippen LogP contribution is -2.50. The van der Waals surface area contributed by atoms with Gasteiger partial charge in [-0.05, 0) is 12.8 Å². The predicted octanol–water partition coefficient (Wildman–Crippen LogP) is -4.11. The predicted molar refractivity (Wildman–Crippen MR) is 49.9 cm³/mol. The van der Waals surface area contributed by atoms with Gasteiger partial charge < -0.3 is 30.4 Å². The van der Waals surface area contributed by atoms with E-state index in [0.717, 1.165) is 0 Å². The molecule has 0 unspecified atom stereocenters. The van der Waals surface area contributed by atoms with Gasteiger partial charge in [0.05, 0.1) is 18.6 Å². The Morgan fingerprint density at radius 3 is 2.18 bits per heavy atom. The van der Waals surface area contributed by atoms with Crippen molar-refractivity contribution in [2.45, 2.75) is 25.8 Å². The van der Waals surface area contributed by atoms with Crippen molar-refractivity contribution < 1.29 is 29.4 Å². The van der Waals surface area contributed by atoms with Gasteiger partial charge in [-0.1, -0.05) is 0 Å². The molecule has 0 saturated carbocycles. The van der Waals surface area contributed by atoms with Gasteiger partial charge in [0.25, 0.3) is 0 Å². The summed E-state index contributed by atoms with van der Waals surface area (Å²) in [4.78, 5) is 42.3. The Labute approximate surface area is 97.0 Å². The highest BCUT2D eigenvalue weighted by Gasteiger charge is 2.13. The van der Waals surface area contributed by atoms with E-state index in [1.54, 1.807) is 0 Å². The lowest BCUT2D eigenvalue weighted by atomic mass is 10.1. The fourth-order valence-corrected chi connectivity index (χ4v) is 0.961. The van der Waals surface area contributed by atoms with E-state index in [-0.39, 0.29) is 13.0 Å². The number of hydrogen-bond donors (Lipinski definition) is 2. The zero-order valence-electron chi connectivity index (χ0n) is 9.15. The second-order valence-corrected chi connectivity index (χ2v) is 3.26. The molecule has 0 fully saturated rings. The lowest BCUT2D eigenvalue weighted by Gasteiger charge is -2.19. The normalized spacial score (nSPS) is 11.4. The Bertz CT molecular complexity index is 327. The summed E-state index contributed by atoms with van der Waals surface area (Å²) >= 11 is 0. The van der Waals surface area contributed by atoms with Crippen LogP contribution in [0, 0.1) is 0 Å². The van der Waals surface area contributed by atoms with Crippen molar-refractivity contribution in [2.24, 2.45) is 0 Å². The van der Waals surface area contributed by atoms with Crippen LogP contribution in [-0.2, 0) is 19.2 Å². The van der Waals surface area contributed by atoms with Crippen LogP contribution in [0.4, 0.5) is 0 Å². The summed E-state index contributed by atoms with van der Waals surface area (Å²) in [5.74, 6) is -4.21. The molecular formula is C9H12N2O6-2. The van der Waals surface area contributed by atoms with Gasteiger partial charge >= 0.3 is 0 Å². The number of carbonyl (C=O) groups excluding carboxylic acids is 4. The molecule has 0 rings (SSSR count). The van der Waals surface area contributed by atoms with Gasteiger partial charge in [0.2, 0.25) is 11.8 Å². The molecule has 96 valence electrons. The van der Waals surface area contributed by atoms with Crippen LogP contribution in [0.15, 0.2) is 0 Å². The first-order valence-corrected chi connectivity index (χ1v) is 4.77. The van der Waals surface area contributed by atoms with Gasteiger partial charge in [0, 0.05) is 12.9 Å². The summed E-state index contributed by atoms with van der Waals surface area (Å²) in [6.45, 7) is 0.810. The van der Waals surface area contributed by atoms with E-state index in [9.17, 15) is 29.4 Å². The Kier molecular flexibility index (Phi) is 6.30. The quantitative estimate of drug-likeness (QED) is 0.466. The maximum absolute atomic E-state index is 11.1. The van der Waals surface area contributed by atoms with Gasteiger partial charge in [-0.25, -0.2) is 0 Å². The van der Waals surface area contributed by atoms with Crippen LogP contribution in [-0.4, -0.2) is 36.3 Å². The topological polar surface area (TPSA) is 138 Å². The molecule has 2 N–H and O–H groups in total. The molecule has 0 aromatic carbocycles. The first-order chi connectivity index (χ1) is 7.82. The summed E-state index contributed by atoms with van der Waals surface area (Å²) in [7, 11) is 0. The Balaban J connectivity index is 4.15. The third kappa shape index (κ3) is 7.77. The van der Waals surface area contributed by atoms with Gasteiger partial charge in [-0.3, -0.25) is 9.59 Å². The van der Waals surface area contributed by atoms with E-state index in [0.29, 0.717) is 0 Å². The SMILES string of the molecule is CC(=O)NCC(=O)N[C@@H](CCC(=O)[O-])C(=O)[O-]. The van der Waals surface area contributed by atoms with Crippen molar-refractivity contribution in [3.05, 3.63) is 0 Å². The third-order valence-electron chi connectivity index (χ3n) is 1.75. The van der Waals surface area contributed by atoms with Gasteiger partial charge in [-0.2, -0.15) is 0 Å². The smallest absolute Gasteiger partial charge is 0.239 e. The Morgan fingerprint density at radius 1 is 1.18 bits per heavy atom. The molecule has 0 saturated heterocycles. The first-order valence-electron chi connectivity index (χ1n) is 4.77. The summed E-state index contributed by atoms with van der Waals surface area (Å²) < 4.78 is 0. The van der Waals surface area contributed by atoms with Crippen LogP contribution in [0.5, 0.6) is 0 Å². The molecule has 0 aliphatic carbocycles. The molecule has 8 heteroatoms. The van der Waals surface area contributed by atoms with Gasteiger partial charge in [0.15, 0.2) is 0 Å². The molecule has 1 atom stereocenters. The number of carbonyl (C=O) groups is 4. The summed E-state index contributed by atoms with van der Waals surface area (Å²) in [5, 5.41) is 24.9. The molecule has 0 radical (unpaired) electrons. The monoisotopic (exact) mass is 244 g/mol. The van der Waals surface area contributed by atoms with Crippen molar-refractivity contribution in [2.75, 3.05) is 6.54 Å². The molecule has 2 amide bonds. The van der Waals surface area contributed by atoms with Crippen LogP contribution in [0.3, 0.4) is 0 Å². The average molecular weight is 244 g/mol. The molecule has 0 bridgehead atoms. The van der Waals surface area contributed by atoms with E-state index in [2.05, 4.69) is 5.32 Å². The van der Waals surface area contributed by atoms with Crippen LogP contribution >= 0.6 is 0 Å². The molecule has 0 spiro atoms. The average Bonchev–Trinajstić information content (AvgIpc) is 2.20. The van der Waals surface area contributed by atoms with Gasteiger partial charge in [0.1, 0.15) is 0 Å². The number of carboxylic acids is 2. The minimum Gasteiger partial charge on any atom is -0.550 e. The number of aliphatic carboxylic acids is 2. The fraction of sp³-hybridized carbons (Fsp3) is 0.556. The Morgan fingerprint density at radius 2 is 1.76 bits per heavy atom. The molecule has 17 heavy (non-hydrogen) atoms. The zero-order chi connectivity index (χ0) is 13.4. The molecule has 8 nitrogen and oxygen atoms in total. The first kappa shape index (κ1) is 14.9. The molecule has 0 aromatic heterocycles. The number of amides is 2. The van der Waals surface area contributed by atoms with Crippen molar-refractivity contribution in [3.63, 3.8) is 0 Å². The number of hydrogen-bond acceptors (Lipinski definition) is 6. The van der Waals surface area contributed by atoms with E-state index in [1.165, 1.54) is 6.92 Å². The minimum atomic E-state index is -1.59. The van der Waals surface area contributed by atoms with E-state index in [1.807, 2.05) is 5.32 Å². The van der Waals surface area contributed by atoms with Crippen molar-refractivity contribution >= 4 is 23.8 Å². The van der Waals surface area contributed by atoms with Crippen molar-refractivity contribution in [1.82, 2.24) is 10.6 Å². The number of nitrogens with one attached hydrogen (secondary N) is 2. The largest absolute Gasteiger partial charge is 0.550 e. The van der Waals surface area contributed by atoms with E-state index >= 15 is 0 Å². The van der Waals surface area contributed by atoms with Crippen molar-refractivity contribution in [3.8, 4) is 0 Å². The molecular weight excluding hydrogens is 232 g/mol. The Hall–Kier alpha value is -2.12. The molecule has 0 aromatic rings. The lowest BCUT2D eigenvalue weighted by molar-refractivity contribution is -0.310. The van der Waals surface area contributed by atoms with Crippen LogP contribution in [0.25, 0.3) is 0 Å². The second kappa shape index (κ2) is 7.20. The van der Waals surface area contributed by atoms with Crippen LogP contribution in [0.2, 0.25) is 0 Å². The zero-order valence-corrected chi connectivity index (χ0v) is 9.15. The highest BCUT2D eigenvalue weighted by Crippen LogP contribution is 1.95. The maximum Gasteiger partial charge on any atom is 0.239 e. The highest BCUT2D eigenvalue weighted by atomic mass is 16.4. The number of carboxylic acid groups (broad SMARTS) is 2. The summed E-state index contributed by atoms with van der Waals surface area (Å²) in [6.07, 6.45) is -0.852. The third-order valence-corrected chi connectivity index (χ3v) is 1.75. The summed E-state index contributed by atoms with van der Waals surface area (Å²) in [5.41, 5.74) is 0. The highest BCUT2D eigenvalue weighted by molar-refractivity contribution is 5.87. The van der Waals surface area contributed by atoms with Gasteiger partial charge in [-0.15, -0.1) is 0 Å². The fourth-order valence-electron chi connectivity index (χ4n) is 0.961. The molecule has 0 heterocycles. The van der Waals surface area contributed by atoms with Crippen LogP contribution in [0.1, 0.15) is 19.8 Å². The maximum atomic E-state index is 11.1. The van der Waals surface area contributed by atoms with Crippen molar-refractivity contribution in [1.29, 1.82) is 0 Å². The standard InChI is InChI=1S/C9H14N2O6/c1-5(12)10-4-7(13)11-6(9(16)17)2-3-8(14)15/h6H,2-4H2,1H3,(H,10,12)(H,11,13)(H,14,15)(H,16,17)/p-2/t6-/m0/s1. The van der Waals surface area contributed by atoms with Crippen LogP contribution < -0.4 is 20.8 Å². The molecule has 0 aliphatic rings. The van der Waals surface area contributed by atoms with E-state index < -0.39 is 36.2 Å². The second-order valence-electron chi connectivity index (χ2n) is 3.26. The molecule has 0 aliphatic heterocycles. The summed E-state index contributed by atoms with van der Waals surface area (Å²) in [6, 6.07) is -1.42.